The second-order valence-corrected chi connectivity index (χ2v) is 9.16. The summed E-state index contributed by atoms with van der Waals surface area (Å²) in [6.45, 7) is 8.81. The molecular formula is C23H29N3O6. The van der Waals surface area contributed by atoms with Crippen LogP contribution < -0.4 is 4.74 Å². The van der Waals surface area contributed by atoms with E-state index in [1.807, 2.05) is 6.07 Å². The van der Waals surface area contributed by atoms with Gasteiger partial charge in [0.25, 0.3) is 17.7 Å². The highest BCUT2D eigenvalue weighted by Crippen LogP contribution is 2.32. The van der Waals surface area contributed by atoms with Gasteiger partial charge in [0.2, 0.25) is 0 Å². The summed E-state index contributed by atoms with van der Waals surface area (Å²) in [5.74, 6) is -0.314. The predicted octanol–water partition coefficient (Wildman–Crippen LogP) is 1.75. The lowest BCUT2D eigenvalue weighted by Crippen LogP contribution is -2.54. The van der Waals surface area contributed by atoms with E-state index in [1.165, 1.54) is 4.90 Å². The first kappa shape index (κ1) is 22.3. The molecule has 3 amide bonds. The number of carbonyl (C=O) groups is 4. The molecule has 32 heavy (non-hydrogen) atoms. The molecule has 4 rings (SSSR count). The third kappa shape index (κ3) is 4.21. The van der Waals surface area contributed by atoms with Crippen LogP contribution in [-0.2, 0) is 25.8 Å². The Bertz CT molecular complexity index is 932. The highest BCUT2D eigenvalue weighted by molar-refractivity contribution is 6.05. The highest BCUT2D eigenvalue weighted by Gasteiger charge is 2.44. The highest BCUT2D eigenvalue weighted by atomic mass is 16.7. The van der Waals surface area contributed by atoms with E-state index in [0.29, 0.717) is 28.3 Å². The summed E-state index contributed by atoms with van der Waals surface area (Å²) in [5, 5.41) is 0.455. The molecule has 3 aliphatic heterocycles. The van der Waals surface area contributed by atoms with Gasteiger partial charge in [-0.05, 0) is 56.4 Å². The molecule has 2 saturated heterocycles. The molecule has 3 heterocycles. The molecule has 3 aliphatic rings. The zero-order valence-electron chi connectivity index (χ0n) is 18.7. The number of imide groups is 1. The summed E-state index contributed by atoms with van der Waals surface area (Å²) < 4.78 is 6.28. The Balaban J connectivity index is 1.47. The Morgan fingerprint density at radius 3 is 2.66 bits per heavy atom. The van der Waals surface area contributed by atoms with Crippen LogP contribution in [0.4, 0.5) is 0 Å². The van der Waals surface area contributed by atoms with Crippen LogP contribution in [0.2, 0.25) is 0 Å². The van der Waals surface area contributed by atoms with Crippen LogP contribution >= 0.6 is 0 Å². The smallest absolute Gasteiger partial charge is 0.321 e. The van der Waals surface area contributed by atoms with Crippen molar-refractivity contribution in [3.63, 3.8) is 0 Å². The zero-order valence-corrected chi connectivity index (χ0v) is 18.7. The molecule has 0 saturated carbocycles. The fourth-order valence-corrected chi connectivity index (χ4v) is 4.86. The van der Waals surface area contributed by atoms with Gasteiger partial charge in [0.05, 0.1) is 0 Å². The van der Waals surface area contributed by atoms with Crippen molar-refractivity contribution >= 4 is 24.2 Å². The van der Waals surface area contributed by atoms with Gasteiger partial charge in [-0.2, -0.15) is 0 Å². The molecule has 2 fully saturated rings. The summed E-state index contributed by atoms with van der Waals surface area (Å²) >= 11 is 0. The summed E-state index contributed by atoms with van der Waals surface area (Å²) in [6, 6.07) is 5.00. The normalized spacial score (nSPS) is 26.5. The molecule has 172 valence electrons. The topological polar surface area (TPSA) is 96.5 Å². The van der Waals surface area contributed by atoms with Gasteiger partial charge < -0.3 is 14.5 Å². The summed E-state index contributed by atoms with van der Waals surface area (Å²) in [4.78, 5) is 56.5. The number of amides is 3. The van der Waals surface area contributed by atoms with E-state index in [9.17, 15) is 19.2 Å². The zero-order chi connectivity index (χ0) is 23.0. The molecule has 0 aromatic heterocycles. The quantitative estimate of drug-likeness (QED) is 0.488. The standard InChI is InChI=1S/C23H29N3O6/c1-14(2)24-10-15(3)8-18(12-24)32-17-4-5-19-16(9-17)11-25(22(19)29)20-6-7-21(28)26(23(20)30)31-13-27/h4-5,9,13-15,18,20H,6-8,10-12H2,1-3H3/t15-,18-,20?/m1/s1. The number of rotatable bonds is 6. The van der Waals surface area contributed by atoms with Gasteiger partial charge in [-0.15, -0.1) is 5.06 Å². The summed E-state index contributed by atoms with van der Waals surface area (Å²) in [6.07, 6.45) is 1.27. The molecule has 0 bridgehead atoms. The number of fused-ring (bicyclic) bond motifs is 1. The lowest BCUT2D eigenvalue weighted by Gasteiger charge is -2.38. The van der Waals surface area contributed by atoms with E-state index >= 15 is 0 Å². The van der Waals surface area contributed by atoms with E-state index in [2.05, 4.69) is 30.5 Å². The Kier molecular flexibility index (Phi) is 6.19. The lowest BCUT2D eigenvalue weighted by molar-refractivity contribution is -0.200. The first-order valence-electron chi connectivity index (χ1n) is 11.1. The average molecular weight is 444 g/mol. The van der Waals surface area contributed by atoms with Crippen LogP contribution in [0.25, 0.3) is 0 Å². The van der Waals surface area contributed by atoms with Gasteiger partial charge >= 0.3 is 6.47 Å². The molecule has 0 radical (unpaired) electrons. The number of nitrogens with zero attached hydrogens (tertiary/aromatic N) is 3. The number of hydroxylamine groups is 2. The number of hydrogen-bond donors (Lipinski definition) is 0. The van der Waals surface area contributed by atoms with Crippen molar-refractivity contribution < 1.29 is 28.8 Å². The second-order valence-electron chi connectivity index (χ2n) is 9.16. The molecule has 9 heteroatoms. The SMILES string of the molecule is CC(C)N1C[C@H](C)C[C@@H](Oc2ccc3c(c2)CN(C2CCC(=O)N(OC=O)C2=O)C3=O)C1. The molecule has 9 nitrogen and oxygen atoms in total. The van der Waals surface area contributed by atoms with Crippen LogP contribution in [0.5, 0.6) is 5.75 Å². The van der Waals surface area contributed by atoms with Crippen molar-refractivity contribution in [3.05, 3.63) is 29.3 Å². The number of carbonyl (C=O) groups excluding carboxylic acids is 4. The minimum Gasteiger partial charge on any atom is -0.489 e. The van der Waals surface area contributed by atoms with E-state index in [1.54, 1.807) is 12.1 Å². The maximum Gasteiger partial charge on any atom is 0.321 e. The Labute approximate surface area is 187 Å². The third-order valence-corrected chi connectivity index (χ3v) is 6.46. The fourth-order valence-electron chi connectivity index (χ4n) is 4.86. The van der Waals surface area contributed by atoms with Crippen LogP contribution in [0.1, 0.15) is 56.0 Å². The van der Waals surface area contributed by atoms with Crippen LogP contribution in [0.15, 0.2) is 18.2 Å². The minimum atomic E-state index is -0.851. The average Bonchev–Trinajstić information content (AvgIpc) is 3.06. The molecule has 0 aliphatic carbocycles. The monoisotopic (exact) mass is 443 g/mol. The number of piperidine rings is 2. The molecular weight excluding hydrogens is 414 g/mol. The maximum atomic E-state index is 13.0. The van der Waals surface area contributed by atoms with Gasteiger partial charge in [0, 0.05) is 37.7 Å². The second kappa shape index (κ2) is 8.90. The van der Waals surface area contributed by atoms with Crippen LogP contribution in [0, 0.1) is 5.92 Å². The lowest BCUT2D eigenvalue weighted by atomic mass is 9.96. The predicted molar refractivity (Wildman–Crippen MR) is 113 cm³/mol. The van der Waals surface area contributed by atoms with Crippen molar-refractivity contribution in [1.29, 1.82) is 0 Å². The number of hydrogen-bond acceptors (Lipinski definition) is 7. The first-order valence-corrected chi connectivity index (χ1v) is 11.1. The molecule has 1 aromatic rings. The van der Waals surface area contributed by atoms with Gasteiger partial charge in [0.1, 0.15) is 17.9 Å². The summed E-state index contributed by atoms with van der Waals surface area (Å²) in [7, 11) is 0. The molecule has 1 aromatic carbocycles. The Morgan fingerprint density at radius 2 is 1.94 bits per heavy atom. The van der Waals surface area contributed by atoms with Gasteiger partial charge in [-0.1, -0.05) is 6.92 Å². The molecule has 0 N–H and O–H groups in total. The van der Waals surface area contributed by atoms with Gasteiger partial charge in [0.15, 0.2) is 0 Å². The Morgan fingerprint density at radius 1 is 1.16 bits per heavy atom. The van der Waals surface area contributed by atoms with Crippen molar-refractivity contribution in [2.24, 2.45) is 5.92 Å². The van der Waals surface area contributed by atoms with E-state index < -0.39 is 17.9 Å². The molecule has 1 unspecified atom stereocenters. The number of likely N-dealkylation sites (tertiary alicyclic amines) is 1. The van der Waals surface area contributed by atoms with Crippen molar-refractivity contribution in [1.82, 2.24) is 14.9 Å². The minimum absolute atomic E-state index is 0.0188. The number of ether oxygens (including phenoxy) is 1. The van der Waals surface area contributed by atoms with E-state index in [-0.39, 0.29) is 37.9 Å². The Hall–Kier alpha value is -2.94. The van der Waals surface area contributed by atoms with Gasteiger partial charge in [-0.3, -0.25) is 24.1 Å². The van der Waals surface area contributed by atoms with E-state index in [0.717, 1.165) is 25.1 Å². The fraction of sp³-hybridized carbons (Fsp3) is 0.565. The third-order valence-electron chi connectivity index (χ3n) is 6.46. The molecule has 3 atom stereocenters. The van der Waals surface area contributed by atoms with Crippen LogP contribution in [0.3, 0.4) is 0 Å². The molecule has 0 spiro atoms. The van der Waals surface area contributed by atoms with Crippen LogP contribution in [-0.4, -0.2) is 70.3 Å². The number of benzene rings is 1. The van der Waals surface area contributed by atoms with Gasteiger partial charge in [-0.25, -0.2) is 0 Å². The maximum absolute atomic E-state index is 13.0. The van der Waals surface area contributed by atoms with E-state index in [4.69, 9.17) is 4.74 Å². The summed E-state index contributed by atoms with van der Waals surface area (Å²) in [5.41, 5.74) is 1.30. The van der Waals surface area contributed by atoms with Crippen molar-refractivity contribution in [3.8, 4) is 5.75 Å². The van der Waals surface area contributed by atoms with Crippen molar-refractivity contribution in [2.45, 2.75) is 64.8 Å². The first-order chi connectivity index (χ1) is 15.3. The largest absolute Gasteiger partial charge is 0.489 e. The van der Waals surface area contributed by atoms with Crippen molar-refractivity contribution in [2.75, 3.05) is 13.1 Å².